The Bertz CT molecular complexity index is 673. The fourth-order valence-electron chi connectivity index (χ4n) is 2.94. The lowest BCUT2D eigenvalue weighted by molar-refractivity contribution is 0.137. The molecule has 0 radical (unpaired) electrons. The summed E-state index contributed by atoms with van der Waals surface area (Å²) in [5, 5.41) is 0.183. The number of nitrogens with zero attached hydrogens (tertiary/aromatic N) is 1. The van der Waals surface area contributed by atoms with Gasteiger partial charge in [-0.3, -0.25) is 0 Å². The average molecular weight is 388 g/mol. The Balaban J connectivity index is 1.83. The Hall–Kier alpha value is -1.39. The van der Waals surface area contributed by atoms with Crippen LogP contribution in [0, 0.1) is 6.92 Å². The van der Waals surface area contributed by atoms with Crippen molar-refractivity contribution in [1.29, 1.82) is 0 Å². The zero-order chi connectivity index (χ0) is 19.9. The first-order valence-electron chi connectivity index (χ1n) is 10.3. The normalized spacial score (nSPS) is 13.7. The van der Waals surface area contributed by atoms with Gasteiger partial charge in [0.05, 0.1) is 6.20 Å². The maximum atomic E-state index is 6.66. The summed E-state index contributed by atoms with van der Waals surface area (Å²) in [4.78, 5) is 4.47. The predicted molar refractivity (Wildman–Crippen MR) is 115 cm³/mol. The summed E-state index contributed by atoms with van der Waals surface area (Å²) in [6.07, 6.45) is 8.81. The van der Waals surface area contributed by atoms with E-state index in [2.05, 4.69) is 69.2 Å². The number of hydrogen-bond acceptors (Lipinski definition) is 3. The third-order valence-electron chi connectivity index (χ3n) is 5.68. The van der Waals surface area contributed by atoms with Crippen molar-refractivity contribution in [2.75, 3.05) is 0 Å². The fraction of sp³-hybridized carbons (Fsp3) is 0.609. The van der Waals surface area contributed by atoms with Crippen LogP contribution in [0.3, 0.4) is 0 Å². The van der Waals surface area contributed by atoms with Crippen molar-refractivity contribution >= 4 is 8.32 Å². The first kappa shape index (κ1) is 21.9. The number of oxazole rings is 1. The standard InChI is InChI=1S/C23H37NO2Si/c1-19-18-24-22(25-19)21(26-27(5,6)23(2,3)4)17-13-8-7-10-14-20-15-11-9-12-16-20/h9,11-12,15-16,18,21H,7-8,10,13-14,17H2,1-6H3. The third-order valence-corrected chi connectivity index (χ3v) is 10.2. The van der Waals surface area contributed by atoms with Gasteiger partial charge in [-0.1, -0.05) is 70.4 Å². The molecule has 0 N–H and O–H groups in total. The predicted octanol–water partition coefficient (Wildman–Crippen LogP) is 7.24. The van der Waals surface area contributed by atoms with E-state index in [0.717, 1.165) is 24.5 Å². The number of aryl methyl sites for hydroxylation is 2. The van der Waals surface area contributed by atoms with Crippen molar-refractivity contribution in [3.63, 3.8) is 0 Å². The minimum atomic E-state index is -1.86. The fourth-order valence-corrected chi connectivity index (χ4v) is 4.23. The Morgan fingerprint density at radius 1 is 1.04 bits per heavy atom. The lowest BCUT2D eigenvalue weighted by Gasteiger charge is -2.38. The minimum Gasteiger partial charge on any atom is -0.443 e. The van der Waals surface area contributed by atoms with Gasteiger partial charge < -0.3 is 8.84 Å². The molecule has 4 heteroatoms. The second-order valence-corrected chi connectivity index (χ2v) is 13.9. The molecule has 0 amide bonds. The van der Waals surface area contributed by atoms with Crippen molar-refractivity contribution < 1.29 is 8.84 Å². The van der Waals surface area contributed by atoms with Crippen LogP contribution >= 0.6 is 0 Å². The second-order valence-electron chi connectivity index (χ2n) is 9.11. The van der Waals surface area contributed by atoms with Gasteiger partial charge in [-0.2, -0.15) is 0 Å². The van der Waals surface area contributed by atoms with E-state index in [0.29, 0.717) is 0 Å². The lowest BCUT2D eigenvalue weighted by Crippen LogP contribution is -2.41. The van der Waals surface area contributed by atoms with Crippen LogP contribution in [0.15, 0.2) is 40.9 Å². The molecule has 0 aliphatic heterocycles. The van der Waals surface area contributed by atoms with E-state index in [1.807, 2.05) is 6.92 Å². The van der Waals surface area contributed by atoms with Gasteiger partial charge >= 0.3 is 0 Å². The molecule has 1 aromatic carbocycles. The van der Waals surface area contributed by atoms with E-state index in [1.54, 1.807) is 6.20 Å². The number of benzene rings is 1. The highest BCUT2D eigenvalue weighted by atomic mass is 28.4. The summed E-state index contributed by atoms with van der Waals surface area (Å²) < 4.78 is 12.5. The Morgan fingerprint density at radius 3 is 2.30 bits per heavy atom. The highest BCUT2D eigenvalue weighted by Gasteiger charge is 2.40. The summed E-state index contributed by atoms with van der Waals surface area (Å²) in [6.45, 7) is 13.4. The average Bonchev–Trinajstić information content (AvgIpc) is 3.03. The van der Waals surface area contributed by atoms with E-state index in [1.165, 1.54) is 31.2 Å². The van der Waals surface area contributed by atoms with E-state index in [9.17, 15) is 0 Å². The molecule has 1 unspecified atom stereocenters. The van der Waals surface area contributed by atoms with Gasteiger partial charge in [0, 0.05) is 0 Å². The molecule has 0 aliphatic rings. The molecular formula is C23H37NO2Si. The summed E-state index contributed by atoms with van der Waals surface area (Å²) in [5.74, 6) is 1.61. The van der Waals surface area contributed by atoms with Gasteiger partial charge in [-0.25, -0.2) is 4.98 Å². The van der Waals surface area contributed by atoms with Crippen molar-refractivity contribution in [2.45, 2.75) is 90.5 Å². The van der Waals surface area contributed by atoms with E-state index in [-0.39, 0.29) is 11.1 Å². The highest BCUT2D eigenvalue weighted by Crippen LogP contribution is 2.40. The SMILES string of the molecule is Cc1cnc(C(CCCCCCc2ccccc2)O[Si](C)(C)C(C)(C)C)o1. The first-order valence-corrected chi connectivity index (χ1v) is 13.2. The molecule has 3 nitrogen and oxygen atoms in total. The molecule has 0 aliphatic carbocycles. The smallest absolute Gasteiger partial charge is 0.222 e. The molecule has 0 saturated carbocycles. The summed E-state index contributed by atoms with van der Waals surface area (Å²) >= 11 is 0. The van der Waals surface area contributed by atoms with Crippen LogP contribution in [0.25, 0.3) is 0 Å². The Labute approximate surface area is 166 Å². The van der Waals surface area contributed by atoms with Crippen molar-refractivity contribution in [3.05, 3.63) is 53.7 Å². The zero-order valence-electron chi connectivity index (χ0n) is 18.0. The van der Waals surface area contributed by atoms with Crippen LogP contribution in [0.5, 0.6) is 0 Å². The van der Waals surface area contributed by atoms with Gasteiger partial charge in [0.1, 0.15) is 11.9 Å². The maximum Gasteiger partial charge on any atom is 0.222 e. The van der Waals surface area contributed by atoms with Gasteiger partial charge in [-0.05, 0) is 49.9 Å². The molecule has 1 aromatic heterocycles. The third kappa shape index (κ3) is 6.93. The minimum absolute atomic E-state index is 0.0197. The number of unbranched alkanes of at least 4 members (excludes halogenated alkanes) is 3. The largest absolute Gasteiger partial charge is 0.443 e. The molecule has 0 bridgehead atoms. The number of hydrogen-bond donors (Lipinski definition) is 0. The topological polar surface area (TPSA) is 35.3 Å². The van der Waals surface area contributed by atoms with Crippen LogP contribution in [-0.2, 0) is 10.8 Å². The molecule has 2 rings (SSSR count). The Kier molecular flexibility index (Phi) is 7.87. The van der Waals surface area contributed by atoms with Gasteiger partial charge in [0.2, 0.25) is 5.89 Å². The summed E-state index contributed by atoms with van der Waals surface area (Å²) in [7, 11) is -1.86. The number of aromatic nitrogens is 1. The quantitative estimate of drug-likeness (QED) is 0.318. The molecule has 2 aromatic rings. The molecule has 1 atom stereocenters. The zero-order valence-corrected chi connectivity index (χ0v) is 19.0. The van der Waals surface area contributed by atoms with Crippen LogP contribution < -0.4 is 0 Å². The van der Waals surface area contributed by atoms with E-state index in [4.69, 9.17) is 8.84 Å². The van der Waals surface area contributed by atoms with E-state index < -0.39 is 8.32 Å². The van der Waals surface area contributed by atoms with Crippen LogP contribution in [0.4, 0.5) is 0 Å². The summed E-state index contributed by atoms with van der Waals surface area (Å²) in [6, 6.07) is 10.8. The molecule has 0 spiro atoms. The molecule has 0 saturated heterocycles. The monoisotopic (exact) mass is 387 g/mol. The second kappa shape index (κ2) is 9.70. The number of rotatable bonds is 10. The van der Waals surface area contributed by atoms with Crippen molar-refractivity contribution in [3.8, 4) is 0 Å². The van der Waals surface area contributed by atoms with E-state index >= 15 is 0 Å². The Morgan fingerprint density at radius 2 is 1.70 bits per heavy atom. The molecule has 150 valence electrons. The van der Waals surface area contributed by atoms with Crippen LogP contribution in [-0.4, -0.2) is 13.3 Å². The molecule has 1 heterocycles. The molecule has 27 heavy (non-hydrogen) atoms. The molecule has 0 fully saturated rings. The first-order chi connectivity index (χ1) is 12.7. The maximum absolute atomic E-state index is 6.66. The highest BCUT2D eigenvalue weighted by molar-refractivity contribution is 6.74. The van der Waals surface area contributed by atoms with Gasteiger partial charge in [-0.15, -0.1) is 0 Å². The lowest BCUT2D eigenvalue weighted by atomic mass is 10.0. The van der Waals surface area contributed by atoms with Crippen molar-refractivity contribution in [1.82, 2.24) is 4.98 Å². The van der Waals surface area contributed by atoms with Crippen molar-refractivity contribution in [2.24, 2.45) is 0 Å². The molecular weight excluding hydrogens is 350 g/mol. The van der Waals surface area contributed by atoms with Gasteiger partial charge in [0.15, 0.2) is 8.32 Å². The van der Waals surface area contributed by atoms with Crippen LogP contribution in [0.1, 0.15) is 76.2 Å². The summed E-state index contributed by atoms with van der Waals surface area (Å²) in [5.41, 5.74) is 1.44. The van der Waals surface area contributed by atoms with Gasteiger partial charge in [0.25, 0.3) is 0 Å². The van der Waals surface area contributed by atoms with Crippen LogP contribution in [0.2, 0.25) is 18.1 Å².